The van der Waals surface area contributed by atoms with E-state index in [2.05, 4.69) is 6.07 Å². The van der Waals surface area contributed by atoms with Crippen LogP contribution in [0.1, 0.15) is 16.7 Å². The topological polar surface area (TPSA) is 40.6 Å². The van der Waals surface area contributed by atoms with Crippen molar-refractivity contribution >= 4 is 29.3 Å². The van der Waals surface area contributed by atoms with Gasteiger partial charge >= 0.3 is 0 Å². The lowest BCUT2D eigenvalue weighted by Crippen LogP contribution is -2.37. The average molecular weight is 445 g/mol. The molecule has 2 heterocycles. The maximum Gasteiger partial charge on any atom is 0.283 e. The number of hydrogen-bond acceptors (Lipinski definition) is 4. The summed E-state index contributed by atoms with van der Waals surface area (Å²) in [4.78, 5) is 31.2. The molecule has 0 unspecified atom stereocenters. The normalized spacial score (nSPS) is 16.1. The third kappa shape index (κ3) is 3.60. The number of hydrogen-bond donors (Lipinski definition) is 0. The van der Waals surface area contributed by atoms with E-state index in [9.17, 15) is 14.0 Å². The predicted octanol–water partition coefficient (Wildman–Crippen LogP) is 5.07. The number of fused-ring (bicyclic) bond motifs is 1. The Morgan fingerprint density at radius 1 is 0.844 bits per heavy atom. The van der Waals surface area contributed by atoms with Gasteiger partial charge in [0.2, 0.25) is 0 Å². The number of aryl methyl sites for hydroxylation is 1. The van der Waals surface area contributed by atoms with Crippen molar-refractivity contribution in [3.8, 4) is 0 Å². The number of carbonyl (C=O) groups excluding carboxylic acids is 2. The Labute approximate surface area is 190 Å². The van der Waals surface area contributed by atoms with Gasteiger partial charge in [-0.2, -0.15) is 0 Å². The minimum Gasteiger partial charge on any atom is -0.361 e. The Balaban J connectivity index is 1.57. The summed E-state index contributed by atoms with van der Waals surface area (Å²) >= 11 is 1.26. The summed E-state index contributed by atoms with van der Waals surface area (Å²) in [6.45, 7) is 3.15. The molecule has 32 heavy (non-hydrogen) atoms. The lowest BCUT2D eigenvalue weighted by molar-refractivity contribution is -0.121. The average Bonchev–Trinajstić information content (AvgIpc) is 3.04. The van der Waals surface area contributed by atoms with Crippen molar-refractivity contribution in [3.05, 3.63) is 106 Å². The standard InChI is InChI=1S/C26H21FN2O2S/c1-17-10-12-20(13-11-17)32-24-23(28-15-14-18-6-2-3-7-19(18)16-28)25(30)29(26(24)31)22-9-5-4-8-21(22)27/h2-13H,14-16H2,1H3. The van der Waals surface area contributed by atoms with Crippen LogP contribution in [0.15, 0.2) is 88.3 Å². The number of anilines is 1. The first kappa shape index (κ1) is 20.5. The summed E-state index contributed by atoms with van der Waals surface area (Å²) < 4.78 is 14.6. The quantitative estimate of drug-likeness (QED) is 0.527. The van der Waals surface area contributed by atoms with Crippen LogP contribution in [-0.4, -0.2) is 23.3 Å². The second-order valence-corrected chi connectivity index (χ2v) is 9.01. The lowest BCUT2D eigenvalue weighted by Gasteiger charge is -2.31. The SMILES string of the molecule is Cc1ccc(SC2=C(N3CCc4ccccc4C3)C(=O)N(c3ccccc3F)C2=O)cc1. The fourth-order valence-corrected chi connectivity index (χ4v) is 5.13. The summed E-state index contributed by atoms with van der Waals surface area (Å²) in [5.74, 6) is -1.56. The molecule has 3 aromatic carbocycles. The Bertz CT molecular complexity index is 1250. The minimum atomic E-state index is -0.598. The van der Waals surface area contributed by atoms with E-state index in [-0.39, 0.29) is 5.69 Å². The first-order valence-corrected chi connectivity index (χ1v) is 11.3. The molecule has 0 aliphatic carbocycles. The smallest absolute Gasteiger partial charge is 0.283 e. The van der Waals surface area contributed by atoms with Gasteiger partial charge in [-0.3, -0.25) is 9.59 Å². The van der Waals surface area contributed by atoms with Gasteiger partial charge in [-0.25, -0.2) is 9.29 Å². The van der Waals surface area contributed by atoms with Crippen LogP contribution in [0.5, 0.6) is 0 Å². The van der Waals surface area contributed by atoms with Gasteiger partial charge in [0.15, 0.2) is 0 Å². The molecule has 4 nitrogen and oxygen atoms in total. The van der Waals surface area contributed by atoms with Crippen LogP contribution in [0.3, 0.4) is 0 Å². The maximum atomic E-state index is 14.6. The number of thioether (sulfide) groups is 1. The number of imide groups is 1. The van der Waals surface area contributed by atoms with E-state index in [1.54, 1.807) is 12.1 Å². The Hall–Kier alpha value is -3.38. The molecule has 2 aliphatic heterocycles. The van der Waals surface area contributed by atoms with Gasteiger partial charge in [0, 0.05) is 18.0 Å². The summed E-state index contributed by atoms with van der Waals surface area (Å²) in [5, 5.41) is 0. The Morgan fingerprint density at radius 2 is 1.53 bits per heavy atom. The molecular weight excluding hydrogens is 423 g/mol. The van der Waals surface area contributed by atoms with Crippen molar-refractivity contribution in [2.24, 2.45) is 0 Å². The van der Waals surface area contributed by atoms with E-state index < -0.39 is 17.6 Å². The largest absolute Gasteiger partial charge is 0.361 e. The van der Waals surface area contributed by atoms with Crippen molar-refractivity contribution in [2.45, 2.75) is 24.8 Å². The number of halogens is 1. The first-order chi connectivity index (χ1) is 15.5. The van der Waals surface area contributed by atoms with Crippen molar-refractivity contribution in [1.82, 2.24) is 4.90 Å². The van der Waals surface area contributed by atoms with Crippen LogP contribution >= 0.6 is 11.8 Å². The molecule has 0 spiro atoms. The van der Waals surface area contributed by atoms with Crippen LogP contribution in [0.25, 0.3) is 0 Å². The maximum absolute atomic E-state index is 14.6. The number of amides is 2. The second kappa shape index (κ2) is 8.28. The van der Waals surface area contributed by atoms with Gasteiger partial charge < -0.3 is 4.90 Å². The van der Waals surface area contributed by atoms with Crippen LogP contribution < -0.4 is 4.90 Å². The number of carbonyl (C=O) groups is 2. The van der Waals surface area contributed by atoms with Gasteiger partial charge in [0.1, 0.15) is 16.4 Å². The fourth-order valence-electron chi connectivity index (χ4n) is 4.13. The van der Waals surface area contributed by atoms with Gasteiger partial charge in [-0.1, -0.05) is 65.9 Å². The molecule has 0 saturated carbocycles. The molecule has 0 radical (unpaired) electrons. The van der Waals surface area contributed by atoms with Gasteiger partial charge in [0.05, 0.1) is 5.69 Å². The number of para-hydroxylation sites is 1. The van der Waals surface area contributed by atoms with Crippen molar-refractivity contribution in [2.75, 3.05) is 11.4 Å². The molecule has 0 saturated heterocycles. The van der Waals surface area contributed by atoms with Gasteiger partial charge in [0.25, 0.3) is 11.8 Å². The molecule has 160 valence electrons. The van der Waals surface area contributed by atoms with Gasteiger partial charge in [-0.15, -0.1) is 0 Å². The molecule has 2 aliphatic rings. The fraction of sp³-hybridized carbons (Fsp3) is 0.154. The summed E-state index contributed by atoms with van der Waals surface area (Å²) in [7, 11) is 0. The number of benzene rings is 3. The van der Waals surface area contributed by atoms with E-state index in [0.717, 1.165) is 27.3 Å². The molecule has 0 aromatic heterocycles. The molecule has 0 fully saturated rings. The van der Waals surface area contributed by atoms with Crippen LogP contribution in [0, 0.1) is 12.7 Å². The molecular formula is C26H21FN2O2S. The molecule has 0 N–H and O–H groups in total. The van der Waals surface area contributed by atoms with Crippen LogP contribution in [0.2, 0.25) is 0 Å². The third-order valence-electron chi connectivity index (χ3n) is 5.80. The highest BCUT2D eigenvalue weighted by atomic mass is 32.2. The highest BCUT2D eigenvalue weighted by Crippen LogP contribution is 2.40. The lowest BCUT2D eigenvalue weighted by atomic mass is 9.99. The zero-order valence-electron chi connectivity index (χ0n) is 17.5. The zero-order chi connectivity index (χ0) is 22.2. The zero-order valence-corrected chi connectivity index (χ0v) is 18.4. The summed E-state index contributed by atoms with van der Waals surface area (Å²) in [6, 6.07) is 21.8. The number of nitrogens with zero attached hydrogens (tertiary/aromatic N) is 2. The van der Waals surface area contributed by atoms with E-state index >= 15 is 0 Å². The van der Waals surface area contributed by atoms with E-state index in [1.165, 1.54) is 29.5 Å². The first-order valence-electron chi connectivity index (χ1n) is 10.5. The molecule has 0 bridgehead atoms. The molecule has 3 aromatic rings. The molecule has 2 amide bonds. The van der Waals surface area contributed by atoms with Crippen molar-refractivity contribution in [1.29, 1.82) is 0 Å². The monoisotopic (exact) mass is 444 g/mol. The van der Waals surface area contributed by atoms with E-state index in [4.69, 9.17) is 0 Å². The van der Waals surface area contributed by atoms with Crippen LogP contribution in [-0.2, 0) is 22.6 Å². The van der Waals surface area contributed by atoms with Crippen molar-refractivity contribution in [3.63, 3.8) is 0 Å². The van der Waals surface area contributed by atoms with Gasteiger partial charge in [-0.05, 0) is 48.7 Å². The Kier molecular flexibility index (Phi) is 5.31. The van der Waals surface area contributed by atoms with E-state index in [1.807, 2.05) is 54.3 Å². The summed E-state index contributed by atoms with van der Waals surface area (Å²) in [5.41, 5.74) is 3.82. The summed E-state index contributed by atoms with van der Waals surface area (Å²) in [6.07, 6.45) is 0.781. The van der Waals surface area contributed by atoms with Crippen molar-refractivity contribution < 1.29 is 14.0 Å². The Morgan fingerprint density at radius 3 is 2.28 bits per heavy atom. The van der Waals surface area contributed by atoms with Crippen LogP contribution in [0.4, 0.5) is 10.1 Å². The molecule has 5 rings (SSSR count). The second-order valence-electron chi connectivity index (χ2n) is 7.93. The third-order valence-corrected chi connectivity index (χ3v) is 6.88. The highest BCUT2D eigenvalue weighted by Gasteiger charge is 2.43. The molecule has 0 atom stereocenters. The molecule has 6 heteroatoms. The minimum absolute atomic E-state index is 0.0167. The predicted molar refractivity (Wildman–Crippen MR) is 124 cm³/mol. The highest BCUT2D eigenvalue weighted by molar-refractivity contribution is 8.04. The number of rotatable bonds is 4. The van der Waals surface area contributed by atoms with E-state index in [0.29, 0.717) is 23.7 Å².